The van der Waals surface area contributed by atoms with Gasteiger partial charge in [-0.15, -0.1) is 0 Å². The molecule has 110 valence electrons. The molecular weight excluding hydrogens is 260 g/mol. The number of cyclic esters (lactones) is 1. The van der Waals surface area contributed by atoms with Gasteiger partial charge in [-0.2, -0.15) is 5.10 Å². The number of hydrogen-bond acceptors (Lipinski definition) is 6. The number of hydrogen-bond donors (Lipinski definition) is 1. The number of H-pyrrole nitrogens is 1. The van der Waals surface area contributed by atoms with E-state index < -0.39 is 0 Å². The van der Waals surface area contributed by atoms with E-state index in [1.165, 1.54) is 0 Å². The molecule has 0 amide bonds. The van der Waals surface area contributed by atoms with Crippen molar-refractivity contribution in [3.63, 3.8) is 0 Å². The first-order valence-corrected chi connectivity index (χ1v) is 7.09. The highest BCUT2D eigenvalue weighted by molar-refractivity contribution is 5.77. The molecule has 0 unspecified atom stereocenters. The molecule has 0 aliphatic carbocycles. The largest absolute Gasteiger partial charge is 0.464 e. The Morgan fingerprint density at radius 1 is 1.40 bits per heavy atom. The molecule has 2 aliphatic heterocycles. The van der Waals surface area contributed by atoms with Crippen LogP contribution in [-0.2, 0) is 14.3 Å². The number of nitrogens with one attached hydrogen (secondary N) is 1. The first-order chi connectivity index (χ1) is 9.65. The van der Waals surface area contributed by atoms with Gasteiger partial charge in [-0.1, -0.05) is 13.8 Å². The molecule has 2 aliphatic rings. The van der Waals surface area contributed by atoms with Crippen LogP contribution in [0.1, 0.15) is 43.9 Å². The maximum Gasteiger partial charge on any atom is 0.323 e. The molecule has 0 saturated carbocycles. The monoisotopic (exact) mass is 280 g/mol. The minimum absolute atomic E-state index is 0.119. The second-order valence-corrected chi connectivity index (χ2v) is 5.56. The molecule has 0 bridgehead atoms. The van der Waals surface area contributed by atoms with E-state index in [-0.39, 0.29) is 24.0 Å². The Labute approximate surface area is 117 Å². The van der Waals surface area contributed by atoms with E-state index in [0.717, 1.165) is 24.6 Å². The van der Waals surface area contributed by atoms with Crippen molar-refractivity contribution < 1.29 is 14.3 Å². The Morgan fingerprint density at radius 3 is 2.90 bits per heavy atom. The van der Waals surface area contributed by atoms with Crippen LogP contribution >= 0.6 is 0 Å². The minimum atomic E-state index is -0.155. The van der Waals surface area contributed by atoms with Gasteiger partial charge in [0.25, 0.3) is 0 Å². The molecular formula is C13H20N4O3. The highest BCUT2D eigenvalue weighted by Gasteiger charge is 2.36. The third-order valence-electron chi connectivity index (χ3n) is 3.79. The summed E-state index contributed by atoms with van der Waals surface area (Å²) in [6.45, 7) is 6.61. The summed E-state index contributed by atoms with van der Waals surface area (Å²) in [6, 6.07) is -0.131. The summed E-state index contributed by atoms with van der Waals surface area (Å²) in [5.41, 5.74) is 0. The summed E-state index contributed by atoms with van der Waals surface area (Å²) < 4.78 is 10.8. The fraction of sp³-hybridized carbons (Fsp3) is 0.769. The summed E-state index contributed by atoms with van der Waals surface area (Å²) >= 11 is 0. The van der Waals surface area contributed by atoms with Crippen LogP contribution in [0.5, 0.6) is 0 Å². The van der Waals surface area contributed by atoms with Crippen LogP contribution in [0.4, 0.5) is 0 Å². The van der Waals surface area contributed by atoms with E-state index in [4.69, 9.17) is 9.47 Å². The van der Waals surface area contributed by atoms with Gasteiger partial charge in [0, 0.05) is 25.4 Å². The number of aromatic nitrogens is 3. The van der Waals surface area contributed by atoms with Crippen molar-refractivity contribution in [3.05, 3.63) is 11.6 Å². The molecule has 0 aromatic carbocycles. The summed E-state index contributed by atoms with van der Waals surface area (Å²) in [7, 11) is 0. The second kappa shape index (κ2) is 5.49. The molecule has 3 rings (SSSR count). The number of esters is 1. The number of morpholine rings is 1. The predicted octanol–water partition coefficient (Wildman–Crippen LogP) is 0.617. The van der Waals surface area contributed by atoms with Gasteiger partial charge < -0.3 is 9.47 Å². The fourth-order valence-corrected chi connectivity index (χ4v) is 2.62. The Balaban J connectivity index is 1.69. The molecule has 2 atom stereocenters. The quantitative estimate of drug-likeness (QED) is 0.817. The first kappa shape index (κ1) is 13.5. The molecule has 1 N–H and O–H groups in total. The van der Waals surface area contributed by atoms with Crippen LogP contribution in [0.2, 0.25) is 0 Å². The number of rotatable bonds is 3. The third kappa shape index (κ3) is 2.55. The standard InChI is InChI=1S/C13H20N4O3/c1-8(2)11-14-12(16-15-11)10-7-17(4-6-19-10)9-3-5-20-13(9)18/h8-10H,3-7H2,1-2H3,(H,14,15,16)/t9-,10+/m0/s1. The summed E-state index contributed by atoms with van der Waals surface area (Å²) in [4.78, 5) is 18.3. The number of carbonyl (C=O) groups is 1. The van der Waals surface area contributed by atoms with E-state index in [0.29, 0.717) is 19.8 Å². The Kier molecular flexibility index (Phi) is 3.71. The smallest absolute Gasteiger partial charge is 0.323 e. The molecule has 2 fully saturated rings. The zero-order valence-electron chi connectivity index (χ0n) is 11.8. The highest BCUT2D eigenvalue weighted by Crippen LogP contribution is 2.24. The molecule has 1 aromatic heterocycles. The number of aromatic amines is 1. The van der Waals surface area contributed by atoms with E-state index in [1.807, 2.05) is 0 Å². The van der Waals surface area contributed by atoms with Crippen LogP contribution in [0, 0.1) is 0 Å². The van der Waals surface area contributed by atoms with Crippen molar-refractivity contribution in [2.45, 2.75) is 38.3 Å². The number of carbonyl (C=O) groups excluding carboxylic acids is 1. The van der Waals surface area contributed by atoms with Crippen molar-refractivity contribution in [1.29, 1.82) is 0 Å². The van der Waals surface area contributed by atoms with E-state index in [1.54, 1.807) is 0 Å². The zero-order valence-corrected chi connectivity index (χ0v) is 11.8. The summed E-state index contributed by atoms with van der Waals surface area (Å²) in [5, 5.41) is 7.15. The highest BCUT2D eigenvalue weighted by atomic mass is 16.5. The lowest BCUT2D eigenvalue weighted by Gasteiger charge is -2.34. The maximum absolute atomic E-state index is 11.7. The Hall–Kier alpha value is -1.47. The lowest BCUT2D eigenvalue weighted by Crippen LogP contribution is -2.46. The Morgan fingerprint density at radius 2 is 2.25 bits per heavy atom. The van der Waals surface area contributed by atoms with Gasteiger partial charge in [-0.05, 0) is 0 Å². The van der Waals surface area contributed by atoms with Crippen LogP contribution in [0.25, 0.3) is 0 Å². The molecule has 20 heavy (non-hydrogen) atoms. The van der Waals surface area contributed by atoms with Gasteiger partial charge in [-0.25, -0.2) is 4.98 Å². The molecule has 2 saturated heterocycles. The lowest BCUT2D eigenvalue weighted by molar-refractivity contribution is -0.144. The van der Waals surface area contributed by atoms with Gasteiger partial charge in [0.05, 0.1) is 13.2 Å². The van der Waals surface area contributed by atoms with Gasteiger partial charge in [0.2, 0.25) is 0 Å². The molecule has 7 heteroatoms. The molecule has 0 spiro atoms. The van der Waals surface area contributed by atoms with Crippen molar-refractivity contribution in [3.8, 4) is 0 Å². The average Bonchev–Trinajstić information content (AvgIpc) is 3.07. The first-order valence-electron chi connectivity index (χ1n) is 7.09. The predicted molar refractivity (Wildman–Crippen MR) is 70.1 cm³/mol. The number of nitrogens with zero attached hydrogens (tertiary/aromatic N) is 3. The second-order valence-electron chi connectivity index (χ2n) is 5.56. The fourth-order valence-electron chi connectivity index (χ4n) is 2.62. The van der Waals surface area contributed by atoms with E-state index >= 15 is 0 Å². The normalized spacial score (nSPS) is 28.1. The SMILES string of the molecule is CC(C)c1n[nH]c([C@H]2CN([C@H]3CCOC3=O)CCO2)n1. The topological polar surface area (TPSA) is 80.3 Å². The zero-order chi connectivity index (χ0) is 14.1. The number of ether oxygens (including phenoxy) is 2. The van der Waals surface area contributed by atoms with Crippen LogP contribution in [0.3, 0.4) is 0 Å². The van der Waals surface area contributed by atoms with Gasteiger partial charge in [-0.3, -0.25) is 14.8 Å². The van der Waals surface area contributed by atoms with Gasteiger partial charge in [0.1, 0.15) is 12.1 Å². The average molecular weight is 280 g/mol. The summed E-state index contributed by atoms with van der Waals surface area (Å²) in [6.07, 6.45) is 0.608. The summed E-state index contributed by atoms with van der Waals surface area (Å²) in [5.74, 6) is 1.70. The van der Waals surface area contributed by atoms with Gasteiger partial charge >= 0.3 is 5.97 Å². The molecule has 0 radical (unpaired) electrons. The maximum atomic E-state index is 11.7. The van der Waals surface area contributed by atoms with E-state index in [2.05, 4.69) is 33.9 Å². The minimum Gasteiger partial charge on any atom is -0.464 e. The molecule has 3 heterocycles. The third-order valence-corrected chi connectivity index (χ3v) is 3.79. The Bertz CT molecular complexity index is 488. The molecule has 7 nitrogen and oxygen atoms in total. The van der Waals surface area contributed by atoms with Crippen LogP contribution in [0.15, 0.2) is 0 Å². The lowest BCUT2D eigenvalue weighted by atomic mass is 10.1. The van der Waals surface area contributed by atoms with Crippen molar-refractivity contribution in [1.82, 2.24) is 20.1 Å². The molecule has 1 aromatic rings. The van der Waals surface area contributed by atoms with Crippen molar-refractivity contribution in [2.24, 2.45) is 0 Å². The van der Waals surface area contributed by atoms with Crippen LogP contribution < -0.4 is 0 Å². The van der Waals surface area contributed by atoms with E-state index in [9.17, 15) is 4.79 Å². The van der Waals surface area contributed by atoms with Crippen molar-refractivity contribution >= 4 is 5.97 Å². The van der Waals surface area contributed by atoms with Crippen LogP contribution in [-0.4, -0.2) is 58.4 Å². The van der Waals surface area contributed by atoms with Crippen molar-refractivity contribution in [2.75, 3.05) is 26.3 Å². The van der Waals surface area contributed by atoms with Gasteiger partial charge in [0.15, 0.2) is 11.6 Å².